The molecule has 0 atom stereocenters. The van der Waals surface area contributed by atoms with E-state index in [1.54, 1.807) is 0 Å². The van der Waals surface area contributed by atoms with E-state index in [2.05, 4.69) is 42.5 Å². The van der Waals surface area contributed by atoms with Crippen molar-refractivity contribution in [3.8, 4) is 22.8 Å². The fourth-order valence-corrected chi connectivity index (χ4v) is 5.92. The minimum atomic E-state index is 0.511. The molecule has 4 heterocycles. The van der Waals surface area contributed by atoms with Crippen molar-refractivity contribution in [1.82, 2.24) is 15.0 Å². The summed E-state index contributed by atoms with van der Waals surface area (Å²) >= 11 is 0. The molecule has 0 aliphatic carbocycles. The van der Waals surface area contributed by atoms with Crippen molar-refractivity contribution < 1.29 is 8.83 Å². The van der Waals surface area contributed by atoms with Gasteiger partial charge in [-0.05, 0) is 24.3 Å². The number of fused-ring (bicyclic) bond motifs is 10. The molecule has 5 aromatic carbocycles. The number of para-hydroxylation sites is 3. The fraction of sp³-hybridized carbons (Fsp3) is 0. The van der Waals surface area contributed by atoms with E-state index in [0.717, 1.165) is 71.2 Å². The Bertz CT molecular complexity index is 2440. The highest BCUT2D eigenvalue weighted by molar-refractivity contribution is 6.24. The molecule has 0 bridgehead atoms. The fourth-order valence-electron chi connectivity index (χ4n) is 5.92. The van der Waals surface area contributed by atoms with Gasteiger partial charge in [-0.1, -0.05) is 91.0 Å². The first-order valence-electron chi connectivity index (χ1n) is 13.2. The van der Waals surface area contributed by atoms with Crippen molar-refractivity contribution >= 4 is 65.7 Å². The number of nitrogens with zero attached hydrogens (tertiary/aromatic N) is 3. The molecular weight excluding hydrogens is 494 g/mol. The molecule has 0 unspecified atom stereocenters. The van der Waals surface area contributed by atoms with Crippen molar-refractivity contribution in [1.29, 1.82) is 0 Å². The molecule has 0 aliphatic rings. The molecule has 40 heavy (non-hydrogen) atoms. The molecule has 4 aromatic heterocycles. The summed E-state index contributed by atoms with van der Waals surface area (Å²) < 4.78 is 12.8. The van der Waals surface area contributed by atoms with Gasteiger partial charge in [-0.25, -0.2) is 9.97 Å². The van der Waals surface area contributed by atoms with Crippen LogP contribution in [0.15, 0.2) is 124 Å². The number of rotatable bonds is 2. The Morgan fingerprint density at radius 1 is 0.425 bits per heavy atom. The third-order valence-electron chi connectivity index (χ3n) is 7.71. The predicted molar refractivity (Wildman–Crippen MR) is 160 cm³/mol. The zero-order chi connectivity index (χ0) is 26.2. The third-order valence-corrected chi connectivity index (χ3v) is 7.71. The average molecular weight is 514 g/mol. The number of aromatic nitrogens is 3. The summed E-state index contributed by atoms with van der Waals surface area (Å²) in [7, 11) is 0. The van der Waals surface area contributed by atoms with Gasteiger partial charge < -0.3 is 8.83 Å². The first kappa shape index (κ1) is 21.4. The van der Waals surface area contributed by atoms with E-state index in [9.17, 15) is 0 Å². The Morgan fingerprint density at radius 3 is 1.95 bits per heavy atom. The lowest BCUT2D eigenvalue weighted by Gasteiger charge is -2.11. The monoisotopic (exact) mass is 513 g/mol. The molecule has 0 fully saturated rings. The van der Waals surface area contributed by atoms with Crippen LogP contribution in [0.2, 0.25) is 0 Å². The number of furan rings is 2. The maximum atomic E-state index is 6.48. The van der Waals surface area contributed by atoms with E-state index in [1.165, 1.54) is 0 Å². The van der Waals surface area contributed by atoms with Crippen LogP contribution in [0.1, 0.15) is 0 Å². The molecule has 0 saturated carbocycles. The zero-order valence-electron chi connectivity index (χ0n) is 21.1. The Balaban J connectivity index is 1.44. The molecule has 0 radical (unpaired) electrons. The average Bonchev–Trinajstić information content (AvgIpc) is 3.59. The standard InChI is InChI=1S/C35H19N3O2/c1-2-10-20(11-3-1)31-30-24-14-6-9-17-28(24)40-35(30)38-34(37-31)32-25-19-18-22-21-12-5-8-16-27(21)39-33(22)29(25)23-13-4-7-15-26(23)36-32/h1-19H. The Morgan fingerprint density at radius 2 is 1.10 bits per heavy atom. The topological polar surface area (TPSA) is 65.0 Å². The van der Waals surface area contributed by atoms with E-state index < -0.39 is 0 Å². The van der Waals surface area contributed by atoms with E-state index in [-0.39, 0.29) is 0 Å². The van der Waals surface area contributed by atoms with Crippen molar-refractivity contribution in [2.24, 2.45) is 0 Å². The SMILES string of the molecule is c1ccc(-c2nc(-c3nc4ccccc4c4c3ccc3c5ccccc5oc34)nc3oc4ccccc4c23)cc1. The van der Waals surface area contributed by atoms with Gasteiger partial charge in [0.1, 0.15) is 22.4 Å². The van der Waals surface area contributed by atoms with E-state index >= 15 is 0 Å². The molecule has 9 aromatic rings. The van der Waals surface area contributed by atoms with Gasteiger partial charge >= 0.3 is 0 Å². The largest absolute Gasteiger partial charge is 0.455 e. The number of pyridine rings is 1. The predicted octanol–water partition coefficient (Wildman–Crippen LogP) is 9.31. The lowest BCUT2D eigenvalue weighted by atomic mass is 10.00. The quantitative estimate of drug-likeness (QED) is 0.216. The summed E-state index contributed by atoms with van der Waals surface area (Å²) in [5, 5.41) is 7.01. The molecule has 186 valence electrons. The maximum absolute atomic E-state index is 6.48. The summed E-state index contributed by atoms with van der Waals surface area (Å²) in [6.07, 6.45) is 0. The van der Waals surface area contributed by atoms with E-state index in [0.29, 0.717) is 17.2 Å². The smallest absolute Gasteiger partial charge is 0.231 e. The van der Waals surface area contributed by atoms with Gasteiger partial charge in [0.2, 0.25) is 5.71 Å². The lowest BCUT2D eigenvalue weighted by molar-refractivity contribution is 0.653. The van der Waals surface area contributed by atoms with Gasteiger partial charge in [0.15, 0.2) is 5.82 Å². The molecular formula is C35H19N3O2. The van der Waals surface area contributed by atoms with Crippen LogP contribution < -0.4 is 0 Å². The number of benzene rings is 5. The minimum Gasteiger partial charge on any atom is -0.455 e. The van der Waals surface area contributed by atoms with Crippen LogP contribution in [-0.4, -0.2) is 15.0 Å². The van der Waals surface area contributed by atoms with Gasteiger partial charge in [-0.3, -0.25) is 0 Å². The van der Waals surface area contributed by atoms with Crippen molar-refractivity contribution in [3.63, 3.8) is 0 Å². The lowest BCUT2D eigenvalue weighted by Crippen LogP contribution is -1.97. The maximum Gasteiger partial charge on any atom is 0.231 e. The molecule has 9 rings (SSSR count). The van der Waals surface area contributed by atoms with Crippen LogP contribution in [0.3, 0.4) is 0 Å². The van der Waals surface area contributed by atoms with Crippen LogP contribution in [0, 0.1) is 0 Å². The zero-order valence-corrected chi connectivity index (χ0v) is 21.1. The van der Waals surface area contributed by atoms with Crippen molar-refractivity contribution in [2.45, 2.75) is 0 Å². The molecule has 0 saturated heterocycles. The molecule has 5 heteroatoms. The summed E-state index contributed by atoms with van der Waals surface area (Å²) in [6, 6.07) is 38.7. The van der Waals surface area contributed by atoms with Gasteiger partial charge in [-0.2, -0.15) is 4.98 Å². The second kappa shape index (κ2) is 7.98. The summed E-state index contributed by atoms with van der Waals surface area (Å²) in [5.41, 5.74) is 6.37. The van der Waals surface area contributed by atoms with Crippen molar-refractivity contribution in [2.75, 3.05) is 0 Å². The van der Waals surface area contributed by atoms with E-state index in [4.69, 9.17) is 23.8 Å². The van der Waals surface area contributed by atoms with Crippen LogP contribution in [-0.2, 0) is 0 Å². The molecule has 0 amide bonds. The van der Waals surface area contributed by atoms with Crippen LogP contribution in [0.4, 0.5) is 0 Å². The molecule has 5 nitrogen and oxygen atoms in total. The number of hydrogen-bond acceptors (Lipinski definition) is 5. The first-order valence-corrected chi connectivity index (χ1v) is 13.2. The van der Waals surface area contributed by atoms with Gasteiger partial charge in [0.05, 0.1) is 16.6 Å². The van der Waals surface area contributed by atoms with E-state index in [1.807, 2.05) is 72.8 Å². The van der Waals surface area contributed by atoms with Gasteiger partial charge in [0, 0.05) is 37.9 Å². The minimum absolute atomic E-state index is 0.511. The second-order valence-electron chi connectivity index (χ2n) is 9.98. The normalized spacial score (nSPS) is 12.0. The third kappa shape index (κ3) is 2.94. The van der Waals surface area contributed by atoms with Crippen LogP contribution >= 0.6 is 0 Å². The summed E-state index contributed by atoms with van der Waals surface area (Å²) in [6.45, 7) is 0. The van der Waals surface area contributed by atoms with Gasteiger partial charge in [0.25, 0.3) is 0 Å². The Hall–Kier alpha value is -5.55. The summed E-state index contributed by atoms with van der Waals surface area (Å²) in [4.78, 5) is 15.3. The van der Waals surface area contributed by atoms with Crippen molar-refractivity contribution in [3.05, 3.63) is 115 Å². The Labute approximate surface area is 227 Å². The van der Waals surface area contributed by atoms with Gasteiger partial charge in [-0.15, -0.1) is 0 Å². The highest BCUT2D eigenvalue weighted by Crippen LogP contribution is 2.41. The first-order chi connectivity index (χ1) is 19.8. The molecule has 0 spiro atoms. The Kier molecular flexibility index (Phi) is 4.27. The molecule has 0 N–H and O–H groups in total. The number of hydrogen-bond donors (Lipinski definition) is 0. The highest BCUT2D eigenvalue weighted by Gasteiger charge is 2.22. The summed E-state index contributed by atoms with van der Waals surface area (Å²) in [5.74, 6) is 0.511. The highest BCUT2D eigenvalue weighted by atomic mass is 16.3. The second-order valence-corrected chi connectivity index (χ2v) is 9.98. The van der Waals surface area contributed by atoms with Crippen LogP contribution in [0.5, 0.6) is 0 Å². The molecule has 0 aliphatic heterocycles. The van der Waals surface area contributed by atoms with Crippen LogP contribution in [0.25, 0.3) is 88.5 Å².